The number of hydrogen-bond acceptors (Lipinski definition) is 2. The molecule has 0 bridgehead atoms. The highest BCUT2D eigenvalue weighted by Crippen LogP contribution is 2.32. The third kappa shape index (κ3) is 3.29. The SMILES string of the molecule is O=C(CC1(O)CCCC1)NCc1ccccc1F. The van der Waals surface area contributed by atoms with Gasteiger partial charge in [0, 0.05) is 12.1 Å². The van der Waals surface area contributed by atoms with Crippen LogP contribution in [0, 0.1) is 5.82 Å². The first-order valence-corrected chi connectivity index (χ1v) is 6.32. The zero-order valence-corrected chi connectivity index (χ0v) is 10.3. The Bertz CT molecular complexity index is 428. The van der Waals surface area contributed by atoms with Crippen LogP contribution in [0.5, 0.6) is 0 Å². The van der Waals surface area contributed by atoms with E-state index in [-0.39, 0.29) is 24.7 Å². The number of carbonyl (C=O) groups is 1. The molecular weight excluding hydrogens is 233 g/mol. The zero-order valence-electron chi connectivity index (χ0n) is 10.3. The Kier molecular flexibility index (Phi) is 3.97. The van der Waals surface area contributed by atoms with E-state index in [0.29, 0.717) is 18.4 Å². The summed E-state index contributed by atoms with van der Waals surface area (Å²) in [5.41, 5.74) is -0.386. The quantitative estimate of drug-likeness (QED) is 0.861. The Hall–Kier alpha value is -1.42. The minimum Gasteiger partial charge on any atom is -0.389 e. The number of benzene rings is 1. The second-order valence-corrected chi connectivity index (χ2v) is 4.98. The molecule has 0 atom stereocenters. The van der Waals surface area contributed by atoms with E-state index in [2.05, 4.69) is 5.32 Å². The van der Waals surface area contributed by atoms with Crippen molar-refractivity contribution in [3.63, 3.8) is 0 Å². The molecule has 1 aliphatic rings. The summed E-state index contributed by atoms with van der Waals surface area (Å²) >= 11 is 0. The fraction of sp³-hybridized carbons (Fsp3) is 0.500. The maximum absolute atomic E-state index is 13.3. The summed E-state index contributed by atoms with van der Waals surface area (Å²) in [5, 5.41) is 12.7. The van der Waals surface area contributed by atoms with Gasteiger partial charge in [-0.15, -0.1) is 0 Å². The van der Waals surface area contributed by atoms with Crippen molar-refractivity contribution < 1.29 is 14.3 Å². The van der Waals surface area contributed by atoms with Crippen LogP contribution in [0.25, 0.3) is 0 Å². The Morgan fingerprint density at radius 3 is 2.67 bits per heavy atom. The van der Waals surface area contributed by atoms with E-state index in [4.69, 9.17) is 0 Å². The molecule has 1 amide bonds. The fourth-order valence-electron chi connectivity index (χ4n) is 2.41. The van der Waals surface area contributed by atoms with Crippen LogP contribution in [0.4, 0.5) is 4.39 Å². The van der Waals surface area contributed by atoms with Gasteiger partial charge in [-0.3, -0.25) is 4.79 Å². The van der Waals surface area contributed by atoms with Crippen LogP contribution in [-0.4, -0.2) is 16.6 Å². The highest BCUT2D eigenvalue weighted by atomic mass is 19.1. The van der Waals surface area contributed by atoms with Crippen molar-refractivity contribution in [2.24, 2.45) is 0 Å². The molecule has 1 aromatic carbocycles. The van der Waals surface area contributed by atoms with Crippen LogP contribution in [0.2, 0.25) is 0 Å². The van der Waals surface area contributed by atoms with E-state index in [1.54, 1.807) is 18.2 Å². The molecule has 0 aromatic heterocycles. The predicted molar refractivity (Wildman–Crippen MR) is 66.3 cm³/mol. The predicted octanol–water partition coefficient (Wildman–Crippen LogP) is 2.14. The standard InChI is InChI=1S/C14H18FNO2/c15-12-6-2-1-5-11(12)10-16-13(17)9-14(18)7-3-4-8-14/h1-2,5-6,18H,3-4,7-10H2,(H,16,17). The first kappa shape index (κ1) is 13.0. The van der Waals surface area contributed by atoms with Crippen molar-refractivity contribution in [1.82, 2.24) is 5.32 Å². The summed E-state index contributed by atoms with van der Waals surface area (Å²) < 4.78 is 13.3. The smallest absolute Gasteiger partial charge is 0.223 e. The van der Waals surface area contributed by atoms with Crippen molar-refractivity contribution in [3.8, 4) is 0 Å². The van der Waals surface area contributed by atoms with Crippen LogP contribution in [-0.2, 0) is 11.3 Å². The van der Waals surface area contributed by atoms with Crippen LogP contribution >= 0.6 is 0 Å². The van der Waals surface area contributed by atoms with Crippen LogP contribution in [0.15, 0.2) is 24.3 Å². The normalized spacial score (nSPS) is 17.7. The number of aliphatic hydroxyl groups is 1. The van der Waals surface area contributed by atoms with Gasteiger partial charge in [-0.2, -0.15) is 0 Å². The Balaban J connectivity index is 1.83. The van der Waals surface area contributed by atoms with Gasteiger partial charge in [0.1, 0.15) is 5.82 Å². The molecule has 2 N–H and O–H groups in total. The highest BCUT2D eigenvalue weighted by molar-refractivity contribution is 5.77. The summed E-state index contributed by atoms with van der Waals surface area (Å²) in [4.78, 5) is 11.7. The van der Waals surface area contributed by atoms with Gasteiger partial charge in [0.25, 0.3) is 0 Å². The van der Waals surface area contributed by atoms with E-state index >= 15 is 0 Å². The van der Waals surface area contributed by atoms with E-state index in [1.807, 2.05) is 0 Å². The lowest BCUT2D eigenvalue weighted by Gasteiger charge is -2.21. The summed E-state index contributed by atoms with van der Waals surface area (Å²) in [7, 11) is 0. The zero-order chi connectivity index (χ0) is 13.0. The Labute approximate surface area is 106 Å². The van der Waals surface area contributed by atoms with Crippen LogP contribution in [0.1, 0.15) is 37.7 Å². The number of hydrogen-bond donors (Lipinski definition) is 2. The largest absolute Gasteiger partial charge is 0.389 e. The van der Waals surface area contributed by atoms with Crippen molar-refractivity contribution in [2.45, 2.75) is 44.2 Å². The number of carbonyl (C=O) groups excluding carboxylic acids is 1. The molecular formula is C14H18FNO2. The van der Waals surface area contributed by atoms with Crippen molar-refractivity contribution in [1.29, 1.82) is 0 Å². The second-order valence-electron chi connectivity index (χ2n) is 4.98. The van der Waals surface area contributed by atoms with E-state index in [0.717, 1.165) is 12.8 Å². The number of rotatable bonds is 4. The average molecular weight is 251 g/mol. The highest BCUT2D eigenvalue weighted by Gasteiger charge is 2.33. The molecule has 3 nitrogen and oxygen atoms in total. The summed E-state index contributed by atoms with van der Waals surface area (Å²) in [6.07, 6.45) is 3.41. The lowest BCUT2D eigenvalue weighted by Crippen LogP contribution is -2.34. The summed E-state index contributed by atoms with van der Waals surface area (Å²) in [6, 6.07) is 6.35. The molecule has 0 aliphatic heterocycles. The number of amides is 1. The molecule has 0 saturated heterocycles. The third-order valence-corrected chi connectivity index (χ3v) is 3.46. The molecule has 4 heteroatoms. The van der Waals surface area contributed by atoms with Gasteiger partial charge < -0.3 is 10.4 Å². The van der Waals surface area contributed by atoms with Crippen molar-refractivity contribution in [2.75, 3.05) is 0 Å². The Morgan fingerprint density at radius 1 is 1.33 bits per heavy atom. The van der Waals surface area contributed by atoms with Gasteiger partial charge in [0.05, 0.1) is 12.0 Å². The maximum Gasteiger partial charge on any atom is 0.223 e. The van der Waals surface area contributed by atoms with Gasteiger partial charge in [0.2, 0.25) is 5.91 Å². The average Bonchev–Trinajstić information content (AvgIpc) is 2.74. The van der Waals surface area contributed by atoms with Gasteiger partial charge in [-0.05, 0) is 18.9 Å². The van der Waals surface area contributed by atoms with E-state index < -0.39 is 5.60 Å². The van der Waals surface area contributed by atoms with E-state index in [1.165, 1.54) is 6.07 Å². The van der Waals surface area contributed by atoms with Gasteiger partial charge >= 0.3 is 0 Å². The van der Waals surface area contributed by atoms with E-state index in [9.17, 15) is 14.3 Å². The third-order valence-electron chi connectivity index (χ3n) is 3.46. The first-order valence-electron chi connectivity index (χ1n) is 6.32. The van der Waals surface area contributed by atoms with Crippen LogP contribution in [0.3, 0.4) is 0 Å². The fourth-order valence-corrected chi connectivity index (χ4v) is 2.41. The maximum atomic E-state index is 13.3. The molecule has 0 spiro atoms. The monoisotopic (exact) mass is 251 g/mol. The minimum absolute atomic E-state index is 0.113. The summed E-state index contributed by atoms with van der Waals surface area (Å²) in [6.45, 7) is 0.168. The number of nitrogens with one attached hydrogen (secondary N) is 1. The molecule has 1 fully saturated rings. The molecule has 0 radical (unpaired) electrons. The molecule has 1 aromatic rings. The lowest BCUT2D eigenvalue weighted by molar-refractivity contribution is -0.126. The summed E-state index contributed by atoms with van der Waals surface area (Å²) in [5.74, 6) is -0.542. The molecule has 1 aliphatic carbocycles. The molecule has 98 valence electrons. The minimum atomic E-state index is -0.848. The van der Waals surface area contributed by atoms with Gasteiger partial charge in [0.15, 0.2) is 0 Å². The second kappa shape index (κ2) is 5.48. The Morgan fingerprint density at radius 2 is 2.00 bits per heavy atom. The number of halogens is 1. The van der Waals surface area contributed by atoms with Gasteiger partial charge in [-0.25, -0.2) is 4.39 Å². The first-order chi connectivity index (χ1) is 8.59. The van der Waals surface area contributed by atoms with Crippen LogP contribution < -0.4 is 5.32 Å². The van der Waals surface area contributed by atoms with Crippen molar-refractivity contribution >= 4 is 5.91 Å². The molecule has 0 heterocycles. The van der Waals surface area contributed by atoms with Gasteiger partial charge in [-0.1, -0.05) is 31.0 Å². The lowest BCUT2D eigenvalue weighted by atomic mass is 9.97. The molecule has 0 unspecified atom stereocenters. The topological polar surface area (TPSA) is 49.3 Å². The van der Waals surface area contributed by atoms with Crippen molar-refractivity contribution in [3.05, 3.63) is 35.6 Å². The molecule has 1 saturated carbocycles. The molecule has 2 rings (SSSR count). The molecule has 18 heavy (non-hydrogen) atoms.